The van der Waals surface area contributed by atoms with Gasteiger partial charge in [-0.05, 0) is 43.9 Å². The summed E-state index contributed by atoms with van der Waals surface area (Å²) in [4.78, 5) is 13.7. The highest BCUT2D eigenvalue weighted by atomic mass is 79.9. The van der Waals surface area contributed by atoms with Crippen molar-refractivity contribution in [2.75, 3.05) is 6.54 Å². The number of fused-ring (bicyclic) bond motifs is 1. The molecule has 1 aromatic carbocycles. The van der Waals surface area contributed by atoms with Gasteiger partial charge in [-0.3, -0.25) is 0 Å². The van der Waals surface area contributed by atoms with Gasteiger partial charge < -0.3 is 9.64 Å². The molecule has 20 heavy (non-hydrogen) atoms. The number of hydrogen-bond acceptors (Lipinski definition) is 2. The van der Waals surface area contributed by atoms with Crippen LogP contribution in [0.4, 0.5) is 9.18 Å². The highest BCUT2D eigenvalue weighted by molar-refractivity contribution is 9.08. The smallest absolute Gasteiger partial charge is 0.410 e. The van der Waals surface area contributed by atoms with E-state index in [4.69, 9.17) is 4.74 Å². The molecule has 1 aliphatic heterocycles. The van der Waals surface area contributed by atoms with E-state index >= 15 is 0 Å². The number of carbonyl (C=O) groups is 1. The van der Waals surface area contributed by atoms with Crippen LogP contribution in [0, 0.1) is 5.82 Å². The topological polar surface area (TPSA) is 29.5 Å². The highest BCUT2D eigenvalue weighted by Gasteiger charge is 2.27. The maximum atomic E-state index is 14.2. The van der Waals surface area contributed by atoms with Crippen molar-refractivity contribution in [2.24, 2.45) is 0 Å². The molecule has 110 valence electrons. The Kier molecular flexibility index (Phi) is 4.37. The summed E-state index contributed by atoms with van der Waals surface area (Å²) in [6, 6.07) is 3.66. The third-order valence-electron chi connectivity index (χ3n) is 3.21. The zero-order valence-corrected chi connectivity index (χ0v) is 13.6. The lowest BCUT2D eigenvalue weighted by molar-refractivity contribution is 0.0222. The van der Waals surface area contributed by atoms with E-state index in [-0.39, 0.29) is 11.9 Å². The zero-order valence-electron chi connectivity index (χ0n) is 12.0. The van der Waals surface area contributed by atoms with Gasteiger partial charge in [-0.1, -0.05) is 28.1 Å². The number of rotatable bonds is 1. The minimum Gasteiger partial charge on any atom is -0.444 e. The molecule has 1 heterocycles. The van der Waals surface area contributed by atoms with Crippen LogP contribution in [-0.2, 0) is 23.0 Å². The second kappa shape index (κ2) is 5.72. The molecule has 0 unspecified atom stereocenters. The molecular formula is C15H19BrFNO2. The van der Waals surface area contributed by atoms with Crippen LogP contribution in [0.25, 0.3) is 0 Å². The molecule has 3 nitrogen and oxygen atoms in total. The molecule has 0 N–H and O–H groups in total. The summed E-state index contributed by atoms with van der Waals surface area (Å²) in [6.45, 7) is 6.41. The molecule has 0 saturated heterocycles. The molecule has 1 aliphatic rings. The molecule has 0 aliphatic carbocycles. The third kappa shape index (κ3) is 3.32. The Morgan fingerprint density at radius 2 is 2.15 bits per heavy atom. The monoisotopic (exact) mass is 343 g/mol. The number of hydrogen-bond donors (Lipinski definition) is 0. The number of alkyl halides is 1. The summed E-state index contributed by atoms with van der Waals surface area (Å²) < 4.78 is 19.5. The second-order valence-electron chi connectivity index (χ2n) is 5.96. The van der Waals surface area contributed by atoms with Gasteiger partial charge in [-0.25, -0.2) is 9.18 Å². The number of carbonyl (C=O) groups excluding carboxylic acids is 1. The second-order valence-corrected chi connectivity index (χ2v) is 6.52. The summed E-state index contributed by atoms with van der Waals surface area (Å²) in [6.07, 6.45) is 0.189. The Bertz CT molecular complexity index is 525. The molecule has 1 amide bonds. The first-order valence-corrected chi connectivity index (χ1v) is 7.77. The average Bonchev–Trinajstić information content (AvgIpc) is 2.37. The van der Waals surface area contributed by atoms with Gasteiger partial charge in [-0.2, -0.15) is 0 Å². The summed E-state index contributed by atoms with van der Waals surface area (Å²) in [5.74, 6) is -0.150. The van der Waals surface area contributed by atoms with E-state index in [0.29, 0.717) is 30.4 Å². The van der Waals surface area contributed by atoms with Crippen LogP contribution >= 0.6 is 15.9 Å². The predicted octanol–water partition coefficient (Wildman–Crippen LogP) is 4.01. The SMILES string of the molecule is CC(C)(C)OC(=O)N1CCc2c(ccc(CBr)c2F)C1. The van der Waals surface area contributed by atoms with Gasteiger partial charge >= 0.3 is 6.09 Å². The van der Waals surface area contributed by atoms with Gasteiger partial charge in [0.05, 0.1) is 0 Å². The summed E-state index contributed by atoms with van der Waals surface area (Å²) in [5.41, 5.74) is 1.74. The highest BCUT2D eigenvalue weighted by Crippen LogP contribution is 2.26. The lowest BCUT2D eigenvalue weighted by atomic mass is 9.97. The molecule has 0 aromatic heterocycles. The Labute approximate surface area is 127 Å². The van der Waals surface area contributed by atoms with Crippen LogP contribution < -0.4 is 0 Å². The number of halogens is 2. The summed E-state index contributed by atoms with van der Waals surface area (Å²) in [7, 11) is 0. The molecule has 1 aromatic rings. The molecule has 0 bridgehead atoms. The van der Waals surface area contributed by atoms with Crippen molar-refractivity contribution in [2.45, 2.75) is 44.7 Å². The predicted molar refractivity (Wildman–Crippen MR) is 79.4 cm³/mol. The maximum Gasteiger partial charge on any atom is 0.410 e. The summed E-state index contributed by atoms with van der Waals surface area (Å²) >= 11 is 3.28. The van der Waals surface area contributed by atoms with E-state index in [2.05, 4.69) is 15.9 Å². The molecular weight excluding hydrogens is 325 g/mol. The Morgan fingerprint density at radius 3 is 2.75 bits per heavy atom. The standard InChI is InChI=1S/C15H19BrFNO2/c1-15(2,3)20-14(19)18-7-6-12-11(9-18)5-4-10(8-16)13(12)17/h4-5H,6-9H2,1-3H3. The van der Waals surface area contributed by atoms with Crippen molar-refractivity contribution in [3.05, 3.63) is 34.6 Å². The molecule has 0 saturated carbocycles. The quantitative estimate of drug-likeness (QED) is 0.721. The van der Waals surface area contributed by atoms with E-state index in [1.807, 2.05) is 26.8 Å². The van der Waals surface area contributed by atoms with Crippen LogP contribution in [0.3, 0.4) is 0 Å². The fourth-order valence-electron chi connectivity index (χ4n) is 2.25. The lowest BCUT2D eigenvalue weighted by Gasteiger charge is -2.31. The molecule has 0 atom stereocenters. The molecule has 0 spiro atoms. The molecule has 0 fully saturated rings. The average molecular weight is 344 g/mol. The van der Waals surface area contributed by atoms with Gasteiger partial charge in [0.2, 0.25) is 0 Å². The van der Waals surface area contributed by atoms with Crippen LogP contribution in [0.5, 0.6) is 0 Å². The van der Waals surface area contributed by atoms with Crippen molar-refractivity contribution < 1.29 is 13.9 Å². The summed E-state index contributed by atoms with van der Waals surface area (Å²) in [5, 5.41) is 0.502. The molecule has 0 radical (unpaired) electrons. The fraction of sp³-hybridized carbons (Fsp3) is 0.533. The third-order valence-corrected chi connectivity index (χ3v) is 3.81. The van der Waals surface area contributed by atoms with Crippen LogP contribution in [0.15, 0.2) is 12.1 Å². The Morgan fingerprint density at radius 1 is 1.45 bits per heavy atom. The van der Waals surface area contributed by atoms with Gasteiger partial charge in [0.1, 0.15) is 11.4 Å². The normalized spacial score (nSPS) is 14.9. The van der Waals surface area contributed by atoms with Gasteiger partial charge in [0.25, 0.3) is 0 Å². The van der Waals surface area contributed by atoms with E-state index in [1.165, 1.54) is 0 Å². The van der Waals surface area contributed by atoms with Gasteiger partial charge in [0.15, 0.2) is 0 Å². The van der Waals surface area contributed by atoms with Gasteiger partial charge in [0, 0.05) is 18.4 Å². The van der Waals surface area contributed by atoms with Crippen molar-refractivity contribution in [1.29, 1.82) is 0 Å². The van der Waals surface area contributed by atoms with Gasteiger partial charge in [-0.15, -0.1) is 0 Å². The van der Waals surface area contributed by atoms with Crippen molar-refractivity contribution in [3.63, 3.8) is 0 Å². The van der Waals surface area contributed by atoms with E-state index in [0.717, 1.165) is 11.1 Å². The van der Waals surface area contributed by atoms with Crippen LogP contribution in [0.2, 0.25) is 0 Å². The van der Waals surface area contributed by atoms with Crippen molar-refractivity contribution >= 4 is 22.0 Å². The largest absolute Gasteiger partial charge is 0.444 e. The number of ether oxygens (including phenoxy) is 1. The van der Waals surface area contributed by atoms with E-state index < -0.39 is 5.60 Å². The zero-order chi connectivity index (χ0) is 14.9. The fourth-order valence-corrected chi connectivity index (χ4v) is 2.68. The lowest BCUT2D eigenvalue weighted by Crippen LogP contribution is -2.40. The van der Waals surface area contributed by atoms with Crippen molar-refractivity contribution in [3.8, 4) is 0 Å². The first kappa shape index (κ1) is 15.3. The minimum absolute atomic E-state index is 0.150. The maximum absolute atomic E-state index is 14.2. The Balaban J connectivity index is 2.16. The number of amides is 1. The molecule has 5 heteroatoms. The number of benzene rings is 1. The Hall–Kier alpha value is -1.10. The minimum atomic E-state index is -0.511. The van der Waals surface area contributed by atoms with E-state index in [9.17, 15) is 9.18 Å². The first-order chi connectivity index (χ1) is 9.31. The first-order valence-electron chi connectivity index (χ1n) is 6.65. The van der Waals surface area contributed by atoms with Crippen LogP contribution in [-0.4, -0.2) is 23.1 Å². The van der Waals surface area contributed by atoms with Crippen LogP contribution in [0.1, 0.15) is 37.5 Å². The number of nitrogens with zero attached hydrogens (tertiary/aromatic N) is 1. The van der Waals surface area contributed by atoms with Crippen molar-refractivity contribution in [1.82, 2.24) is 4.90 Å². The molecule has 2 rings (SSSR count). The van der Waals surface area contributed by atoms with E-state index in [1.54, 1.807) is 11.0 Å².